The summed E-state index contributed by atoms with van der Waals surface area (Å²) in [4.78, 5) is 14.3. The molecule has 0 fully saturated rings. The van der Waals surface area contributed by atoms with Crippen LogP contribution in [0.4, 0.5) is 0 Å². The van der Waals surface area contributed by atoms with Crippen molar-refractivity contribution >= 4 is 17.6 Å². The molecule has 21 heavy (non-hydrogen) atoms. The SMILES string of the molecule is Cc1ccccc1C(=O)O.N=C1N=C(N)c2ccccc21. The number of amidine groups is 2. The Bertz CT molecular complexity index is 736. The van der Waals surface area contributed by atoms with E-state index in [0.717, 1.165) is 16.7 Å². The average Bonchev–Trinajstić information content (AvgIpc) is 2.76. The molecule has 2 aromatic rings. The highest BCUT2D eigenvalue weighted by Crippen LogP contribution is 2.15. The number of aliphatic imine (C=N–C) groups is 1. The first-order chi connectivity index (χ1) is 10.0. The van der Waals surface area contributed by atoms with Crippen molar-refractivity contribution in [1.82, 2.24) is 0 Å². The van der Waals surface area contributed by atoms with Crippen LogP contribution < -0.4 is 5.73 Å². The third-order valence-electron chi connectivity index (χ3n) is 3.07. The minimum Gasteiger partial charge on any atom is -0.478 e. The number of rotatable bonds is 1. The summed E-state index contributed by atoms with van der Waals surface area (Å²) >= 11 is 0. The fraction of sp³-hybridized carbons (Fsp3) is 0.0625. The summed E-state index contributed by atoms with van der Waals surface area (Å²) in [5.41, 5.74) is 8.42. The maximum atomic E-state index is 10.4. The van der Waals surface area contributed by atoms with E-state index in [2.05, 4.69) is 4.99 Å². The number of carboxylic acid groups (broad SMARTS) is 1. The van der Waals surface area contributed by atoms with Gasteiger partial charge in [0.25, 0.3) is 0 Å². The Kier molecular flexibility index (Phi) is 4.13. The van der Waals surface area contributed by atoms with Gasteiger partial charge >= 0.3 is 5.97 Å². The van der Waals surface area contributed by atoms with E-state index >= 15 is 0 Å². The van der Waals surface area contributed by atoms with E-state index in [1.807, 2.05) is 30.3 Å². The molecule has 0 saturated heterocycles. The highest BCUT2D eigenvalue weighted by atomic mass is 16.4. The number of nitrogens with zero attached hydrogens (tertiary/aromatic N) is 1. The van der Waals surface area contributed by atoms with Crippen LogP contribution >= 0.6 is 0 Å². The van der Waals surface area contributed by atoms with E-state index < -0.39 is 5.97 Å². The third-order valence-corrected chi connectivity index (χ3v) is 3.07. The first kappa shape index (κ1) is 14.5. The molecule has 2 aromatic carbocycles. The van der Waals surface area contributed by atoms with Crippen LogP contribution in [0.1, 0.15) is 27.0 Å². The van der Waals surface area contributed by atoms with Crippen LogP contribution in [0, 0.1) is 12.3 Å². The topological polar surface area (TPSA) is 99.5 Å². The highest BCUT2D eigenvalue weighted by Gasteiger charge is 2.16. The van der Waals surface area contributed by atoms with Crippen molar-refractivity contribution < 1.29 is 9.90 Å². The normalized spacial score (nSPS) is 12.0. The molecule has 0 unspecified atom stereocenters. The predicted molar refractivity (Wildman–Crippen MR) is 82.1 cm³/mol. The molecular formula is C16H15N3O2. The minimum atomic E-state index is -0.863. The lowest BCUT2D eigenvalue weighted by Gasteiger charge is -1.96. The number of fused-ring (bicyclic) bond motifs is 1. The predicted octanol–water partition coefficient (Wildman–Crippen LogP) is 2.42. The van der Waals surface area contributed by atoms with Crippen molar-refractivity contribution in [2.24, 2.45) is 10.7 Å². The molecule has 5 heteroatoms. The maximum absolute atomic E-state index is 10.4. The monoisotopic (exact) mass is 281 g/mol. The van der Waals surface area contributed by atoms with Gasteiger partial charge in [0.05, 0.1) is 5.56 Å². The standard InChI is InChI=1S/C8H7N3.C8H8O2/c9-7-5-3-1-2-4-6(5)8(10)11-7;1-6-4-2-3-5-7(6)8(9)10/h1-4H,(H3,9,10,11);2-5H,1H3,(H,9,10). The molecule has 1 aliphatic heterocycles. The van der Waals surface area contributed by atoms with Crippen LogP contribution in [0.25, 0.3) is 0 Å². The highest BCUT2D eigenvalue weighted by molar-refractivity contribution is 6.20. The summed E-state index contributed by atoms with van der Waals surface area (Å²) in [6, 6.07) is 14.4. The van der Waals surface area contributed by atoms with Crippen LogP contribution in [0.15, 0.2) is 53.5 Å². The number of aryl methyl sites for hydroxylation is 1. The first-order valence-electron chi connectivity index (χ1n) is 6.32. The van der Waals surface area contributed by atoms with E-state index in [1.54, 1.807) is 25.1 Å². The average molecular weight is 281 g/mol. The van der Waals surface area contributed by atoms with Crippen molar-refractivity contribution in [1.29, 1.82) is 5.41 Å². The van der Waals surface area contributed by atoms with Crippen LogP contribution in [-0.4, -0.2) is 22.7 Å². The second-order valence-electron chi connectivity index (χ2n) is 4.51. The summed E-state index contributed by atoms with van der Waals surface area (Å²) in [7, 11) is 0. The zero-order valence-corrected chi connectivity index (χ0v) is 11.5. The molecule has 106 valence electrons. The molecule has 0 atom stereocenters. The van der Waals surface area contributed by atoms with Crippen molar-refractivity contribution in [2.45, 2.75) is 6.92 Å². The number of carbonyl (C=O) groups is 1. The molecule has 5 nitrogen and oxygen atoms in total. The molecular weight excluding hydrogens is 266 g/mol. The van der Waals surface area contributed by atoms with Gasteiger partial charge in [-0.3, -0.25) is 5.41 Å². The molecule has 0 radical (unpaired) electrons. The molecule has 0 aromatic heterocycles. The Labute approximate surface area is 122 Å². The summed E-state index contributed by atoms with van der Waals surface area (Å²) in [5.74, 6) is -0.151. The van der Waals surface area contributed by atoms with E-state index in [1.165, 1.54) is 0 Å². The van der Waals surface area contributed by atoms with Crippen molar-refractivity contribution in [3.63, 3.8) is 0 Å². The van der Waals surface area contributed by atoms with Crippen molar-refractivity contribution in [3.05, 3.63) is 70.8 Å². The van der Waals surface area contributed by atoms with Gasteiger partial charge in [-0.15, -0.1) is 0 Å². The molecule has 0 bridgehead atoms. The molecule has 0 amide bonds. The lowest BCUT2D eigenvalue weighted by molar-refractivity contribution is 0.0696. The van der Waals surface area contributed by atoms with Crippen molar-refractivity contribution in [3.8, 4) is 0 Å². The van der Waals surface area contributed by atoms with E-state index in [0.29, 0.717) is 11.4 Å². The summed E-state index contributed by atoms with van der Waals surface area (Å²) in [6.07, 6.45) is 0. The summed E-state index contributed by atoms with van der Waals surface area (Å²) in [5, 5.41) is 16.0. The van der Waals surface area contributed by atoms with Gasteiger partial charge in [-0.05, 0) is 18.6 Å². The van der Waals surface area contributed by atoms with Crippen molar-refractivity contribution in [2.75, 3.05) is 0 Å². The Morgan fingerprint density at radius 3 is 2.19 bits per heavy atom. The fourth-order valence-electron chi connectivity index (χ4n) is 1.97. The molecule has 1 heterocycles. The van der Waals surface area contributed by atoms with Crippen LogP contribution in [0.5, 0.6) is 0 Å². The molecule has 0 saturated carbocycles. The van der Waals surface area contributed by atoms with E-state index in [9.17, 15) is 4.79 Å². The van der Waals surface area contributed by atoms with Gasteiger partial charge in [0.15, 0.2) is 5.84 Å². The largest absolute Gasteiger partial charge is 0.478 e. The fourth-order valence-corrected chi connectivity index (χ4v) is 1.97. The van der Waals surface area contributed by atoms with Gasteiger partial charge in [-0.2, -0.15) is 0 Å². The number of nitrogens with one attached hydrogen (secondary N) is 1. The molecule has 3 rings (SSSR count). The molecule has 0 aliphatic carbocycles. The van der Waals surface area contributed by atoms with Gasteiger partial charge in [0, 0.05) is 11.1 Å². The Morgan fingerprint density at radius 2 is 1.67 bits per heavy atom. The lowest BCUT2D eigenvalue weighted by atomic mass is 10.1. The number of nitrogens with two attached hydrogens (primary N) is 1. The molecule has 4 N–H and O–H groups in total. The lowest BCUT2D eigenvalue weighted by Crippen LogP contribution is -2.09. The van der Waals surface area contributed by atoms with Gasteiger partial charge < -0.3 is 10.8 Å². The van der Waals surface area contributed by atoms with Gasteiger partial charge in [-0.25, -0.2) is 9.79 Å². The maximum Gasteiger partial charge on any atom is 0.335 e. The number of carboxylic acids is 1. The Morgan fingerprint density at radius 1 is 1.10 bits per heavy atom. The Balaban J connectivity index is 0.000000155. The summed E-state index contributed by atoms with van der Waals surface area (Å²) in [6.45, 7) is 1.78. The van der Waals surface area contributed by atoms with Crippen LogP contribution in [0.2, 0.25) is 0 Å². The first-order valence-corrected chi connectivity index (χ1v) is 6.32. The number of benzene rings is 2. The zero-order chi connectivity index (χ0) is 15.4. The zero-order valence-electron chi connectivity index (χ0n) is 11.5. The van der Waals surface area contributed by atoms with Crippen LogP contribution in [-0.2, 0) is 0 Å². The minimum absolute atomic E-state index is 0.262. The van der Waals surface area contributed by atoms with Gasteiger partial charge in [-0.1, -0.05) is 42.5 Å². The second kappa shape index (κ2) is 6.00. The van der Waals surface area contributed by atoms with Gasteiger partial charge in [0.2, 0.25) is 0 Å². The number of hydrogen-bond acceptors (Lipinski definition) is 3. The Hall–Kier alpha value is -2.95. The quantitative estimate of drug-likeness (QED) is 0.748. The summed E-state index contributed by atoms with van der Waals surface area (Å²) < 4.78 is 0. The van der Waals surface area contributed by atoms with E-state index in [-0.39, 0.29) is 5.84 Å². The second-order valence-corrected chi connectivity index (χ2v) is 4.51. The third kappa shape index (κ3) is 3.14. The smallest absolute Gasteiger partial charge is 0.335 e. The van der Waals surface area contributed by atoms with Crippen LogP contribution in [0.3, 0.4) is 0 Å². The van der Waals surface area contributed by atoms with Gasteiger partial charge in [0.1, 0.15) is 5.84 Å². The van der Waals surface area contributed by atoms with E-state index in [4.69, 9.17) is 16.2 Å². The number of aromatic carboxylic acids is 1. The molecule has 0 spiro atoms. The number of hydrogen-bond donors (Lipinski definition) is 3. The molecule has 1 aliphatic rings.